The first-order valence-electron chi connectivity index (χ1n) is 4.03. The van der Waals surface area contributed by atoms with Gasteiger partial charge >= 0.3 is 5.97 Å². The number of carbonyl (C=O) groups excluding carboxylic acids is 1. The van der Waals surface area contributed by atoms with Crippen LogP contribution in [0.2, 0.25) is 0 Å². The van der Waals surface area contributed by atoms with E-state index in [2.05, 4.69) is 0 Å². The SMILES string of the molecule is CC(C)COC(C)OC(=O)C(Cl)Cl. The van der Waals surface area contributed by atoms with E-state index in [1.54, 1.807) is 6.92 Å². The second-order valence-electron chi connectivity index (χ2n) is 3.03. The van der Waals surface area contributed by atoms with Crippen LogP contribution in [0.15, 0.2) is 0 Å². The predicted octanol–water partition coefficient (Wildman–Crippen LogP) is 2.35. The zero-order chi connectivity index (χ0) is 10.4. The number of alkyl halides is 2. The number of rotatable bonds is 5. The largest absolute Gasteiger partial charge is 0.434 e. The number of carbonyl (C=O) groups is 1. The van der Waals surface area contributed by atoms with Crippen molar-refractivity contribution in [1.82, 2.24) is 0 Å². The van der Waals surface area contributed by atoms with Crippen molar-refractivity contribution in [3.05, 3.63) is 0 Å². The zero-order valence-corrected chi connectivity index (χ0v) is 9.43. The van der Waals surface area contributed by atoms with Gasteiger partial charge in [-0.25, -0.2) is 4.79 Å². The van der Waals surface area contributed by atoms with Gasteiger partial charge in [-0.3, -0.25) is 0 Å². The predicted molar refractivity (Wildman–Crippen MR) is 51.8 cm³/mol. The Morgan fingerprint density at radius 3 is 2.23 bits per heavy atom. The van der Waals surface area contributed by atoms with Crippen LogP contribution in [-0.2, 0) is 14.3 Å². The number of ether oxygens (including phenoxy) is 2. The molecule has 0 aliphatic carbocycles. The molecule has 0 saturated carbocycles. The fraction of sp³-hybridized carbons (Fsp3) is 0.875. The van der Waals surface area contributed by atoms with E-state index in [1.165, 1.54) is 0 Å². The Morgan fingerprint density at radius 2 is 1.85 bits per heavy atom. The summed E-state index contributed by atoms with van der Waals surface area (Å²) in [5.41, 5.74) is 0. The Morgan fingerprint density at radius 1 is 1.31 bits per heavy atom. The Labute approximate surface area is 88.3 Å². The molecule has 0 aromatic carbocycles. The smallest absolute Gasteiger partial charge is 0.341 e. The van der Waals surface area contributed by atoms with Crippen LogP contribution in [0, 0.1) is 5.92 Å². The molecule has 0 spiro atoms. The Hall–Kier alpha value is 0.01000. The number of hydrogen-bond donors (Lipinski definition) is 0. The van der Waals surface area contributed by atoms with Crippen LogP contribution in [-0.4, -0.2) is 23.7 Å². The first kappa shape index (κ1) is 13.0. The molecule has 0 aromatic rings. The maximum Gasteiger partial charge on any atom is 0.341 e. The standard InChI is InChI=1S/C8H14Cl2O3/c1-5(2)4-12-6(3)13-8(11)7(9)10/h5-7H,4H2,1-3H3. The summed E-state index contributed by atoms with van der Waals surface area (Å²) in [4.78, 5) is 9.68. The van der Waals surface area contributed by atoms with Crippen molar-refractivity contribution in [3.63, 3.8) is 0 Å². The molecule has 0 radical (unpaired) electrons. The maximum atomic E-state index is 10.8. The van der Waals surface area contributed by atoms with Gasteiger partial charge in [0.15, 0.2) is 6.29 Å². The van der Waals surface area contributed by atoms with Gasteiger partial charge in [-0.1, -0.05) is 37.0 Å². The van der Waals surface area contributed by atoms with Crippen molar-refractivity contribution in [2.75, 3.05) is 6.61 Å². The van der Waals surface area contributed by atoms with Crippen LogP contribution in [0.4, 0.5) is 0 Å². The van der Waals surface area contributed by atoms with Gasteiger partial charge in [0.2, 0.25) is 4.84 Å². The molecule has 0 heterocycles. The second kappa shape index (κ2) is 6.46. The lowest BCUT2D eigenvalue weighted by molar-refractivity contribution is -0.174. The Bertz CT molecular complexity index is 159. The van der Waals surface area contributed by atoms with Crippen molar-refractivity contribution >= 4 is 29.2 Å². The molecule has 3 nitrogen and oxygen atoms in total. The number of hydrogen-bond acceptors (Lipinski definition) is 3. The molecular formula is C8H14Cl2O3. The van der Waals surface area contributed by atoms with Gasteiger partial charge in [-0.15, -0.1) is 0 Å². The van der Waals surface area contributed by atoms with E-state index < -0.39 is 17.1 Å². The van der Waals surface area contributed by atoms with Crippen LogP contribution in [0.5, 0.6) is 0 Å². The van der Waals surface area contributed by atoms with Gasteiger partial charge in [0.25, 0.3) is 0 Å². The van der Waals surface area contributed by atoms with Gasteiger partial charge < -0.3 is 9.47 Å². The summed E-state index contributed by atoms with van der Waals surface area (Å²) in [6.45, 7) is 6.15. The molecule has 0 saturated heterocycles. The molecule has 0 bridgehead atoms. The third-order valence-corrected chi connectivity index (χ3v) is 1.48. The van der Waals surface area contributed by atoms with Gasteiger partial charge in [-0.2, -0.15) is 0 Å². The molecule has 0 aliphatic heterocycles. The van der Waals surface area contributed by atoms with E-state index in [1.807, 2.05) is 13.8 Å². The maximum absolute atomic E-state index is 10.8. The molecule has 0 N–H and O–H groups in total. The summed E-state index contributed by atoms with van der Waals surface area (Å²) in [7, 11) is 0. The van der Waals surface area contributed by atoms with Crippen molar-refractivity contribution in [3.8, 4) is 0 Å². The molecule has 0 aromatic heterocycles. The molecule has 5 heteroatoms. The van der Waals surface area contributed by atoms with Crippen LogP contribution >= 0.6 is 23.2 Å². The van der Waals surface area contributed by atoms with E-state index in [0.717, 1.165) is 0 Å². The normalized spacial score (nSPS) is 13.5. The minimum atomic E-state index is -1.15. The van der Waals surface area contributed by atoms with E-state index in [-0.39, 0.29) is 0 Å². The summed E-state index contributed by atoms with van der Waals surface area (Å²) < 4.78 is 9.90. The lowest BCUT2D eigenvalue weighted by atomic mass is 10.2. The Balaban J connectivity index is 3.62. The van der Waals surface area contributed by atoms with Gasteiger partial charge in [-0.05, 0) is 12.8 Å². The molecule has 1 unspecified atom stereocenters. The highest BCUT2D eigenvalue weighted by Crippen LogP contribution is 2.07. The van der Waals surface area contributed by atoms with E-state index in [0.29, 0.717) is 12.5 Å². The Kier molecular flexibility index (Phi) is 6.47. The average molecular weight is 229 g/mol. The number of halogens is 2. The summed E-state index contributed by atoms with van der Waals surface area (Å²) in [5.74, 6) is -0.288. The third-order valence-electron chi connectivity index (χ3n) is 1.12. The molecule has 1 atom stereocenters. The molecule has 0 aliphatic rings. The monoisotopic (exact) mass is 228 g/mol. The van der Waals surface area contributed by atoms with E-state index >= 15 is 0 Å². The lowest BCUT2D eigenvalue weighted by Crippen LogP contribution is -2.23. The van der Waals surface area contributed by atoms with E-state index in [4.69, 9.17) is 32.7 Å². The summed E-state index contributed by atoms with van der Waals surface area (Å²) in [6, 6.07) is 0. The minimum absolute atomic E-state index is 0.393. The highest BCUT2D eigenvalue weighted by atomic mass is 35.5. The van der Waals surface area contributed by atoms with Crippen molar-refractivity contribution in [2.45, 2.75) is 31.9 Å². The third kappa shape index (κ3) is 7.11. The van der Waals surface area contributed by atoms with Crippen molar-refractivity contribution in [1.29, 1.82) is 0 Å². The van der Waals surface area contributed by atoms with Gasteiger partial charge in [0.1, 0.15) is 0 Å². The number of esters is 1. The van der Waals surface area contributed by atoms with Gasteiger partial charge in [0, 0.05) is 0 Å². The first-order chi connectivity index (χ1) is 5.93. The molecule has 0 rings (SSSR count). The molecule has 0 fully saturated rings. The van der Waals surface area contributed by atoms with Crippen LogP contribution in [0.1, 0.15) is 20.8 Å². The highest BCUT2D eigenvalue weighted by Gasteiger charge is 2.16. The van der Waals surface area contributed by atoms with Crippen molar-refractivity contribution < 1.29 is 14.3 Å². The molecule has 78 valence electrons. The average Bonchev–Trinajstić information content (AvgIpc) is 2.00. The topological polar surface area (TPSA) is 35.5 Å². The van der Waals surface area contributed by atoms with Crippen LogP contribution in [0.3, 0.4) is 0 Å². The fourth-order valence-corrected chi connectivity index (χ4v) is 0.680. The quantitative estimate of drug-likeness (QED) is 0.412. The van der Waals surface area contributed by atoms with Crippen LogP contribution in [0.25, 0.3) is 0 Å². The lowest BCUT2D eigenvalue weighted by Gasteiger charge is -2.15. The van der Waals surface area contributed by atoms with Crippen molar-refractivity contribution in [2.24, 2.45) is 5.92 Å². The van der Waals surface area contributed by atoms with Gasteiger partial charge in [0.05, 0.1) is 6.61 Å². The van der Waals surface area contributed by atoms with Crippen LogP contribution < -0.4 is 0 Å². The second-order valence-corrected chi connectivity index (χ2v) is 4.13. The highest BCUT2D eigenvalue weighted by molar-refractivity contribution is 6.52. The molecular weight excluding hydrogens is 215 g/mol. The fourth-order valence-electron chi connectivity index (χ4n) is 0.577. The summed E-state index contributed by atoms with van der Waals surface area (Å²) in [5, 5.41) is 0. The zero-order valence-electron chi connectivity index (χ0n) is 7.92. The minimum Gasteiger partial charge on any atom is -0.434 e. The molecule has 13 heavy (non-hydrogen) atoms. The summed E-state index contributed by atoms with van der Waals surface area (Å²) >= 11 is 10.5. The molecule has 0 amide bonds. The summed E-state index contributed by atoms with van der Waals surface area (Å²) in [6.07, 6.45) is -0.602. The van der Waals surface area contributed by atoms with E-state index in [9.17, 15) is 4.79 Å². The first-order valence-corrected chi connectivity index (χ1v) is 4.91.